The van der Waals surface area contributed by atoms with E-state index in [0.29, 0.717) is 29.6 Å². The van der Waals surface area contributed by atoms with Gasteiger partial charge in [-0.2, -0.15) is 5.10 Å². The van der Waals surface area contributed by atoms with E-state index in [-0.39, 0.29) is 5.78 Å². The normalized spacial score (nSPS) is 19.1. The Labute approximate surface area is 122 Å². The molecule has 2 rings (SSSR count). The molecule has 21 heavy (non-hydrogen) atoms. The lowest BCUT2D eigenvalue weighted by Crippen LogP contribution is -2.01. The van der Waals surface area contributed by atoms with Crippen molar-refractivity contribution in [1.82, 2.24) is 5.01 Å². The van der Waals surface area contributed by atoms with Gasteiger partial charge in [0.05, 0.1) is 0 Å². The Bertz CT molecular complexity index is 646. The highest BCUT2D eigenvalue weighted by Crippen LogP contribution is 2.27. The summed E-state index contributed by atoms with van der Waals surface area (Å²) < 4.78 is 26.0. The van der Waals surface area contributed by atoms with Gasteiger partial charge in [-0.05, 0) is 42.7 Å². The molecule has 110 valence electrons. The van der Waals surface area contributed by atoms with Crippen LogP contribution in [-0.4, -0.2) is 31.1 Å². The minimum atomic E-state index is -0.913. The molecule has 0 unspecified atom stereocenters. The summed E-state index contributed by atoms with van der Waals surface area (Å²) in [6, 6.07) is 3.60. The van der Waals surface area contributed by atoms with E-state index in [1.54, 1.807) is 37.5 Å². The van der Waals surface area contributed by atoms with Crippen LogP contribution in [0.1, 0.15) is 18.4 Å². The number of hydrogen-bond acceptors (Lipinski definition) is 3. The van der Waals surface area contributed by atoms with Crippen LogP contribution < -0.4 is 0 Å². The zero-order chi connectivity index (χ0) is 15.4. The molecule has 0 aromatic heterocycles. The Hall–Kier alpha value is -2.30. The van der Waals surface area contributed by atoms with Gasteiger partial charge in [0.25, 0.3) is 0 Å². The SMILES string of the molecule is CN(C)N=CC=C1CCC(=Cc2ccc(F)c(F)c2)C1=O. The molecule has 0 saturated heterocycles. The molecule has 0 spiro atoms. The number of carbonyl (C=O) groups excluding carboxylic acids is 1. The average Bonchev–Trinajstić information content (AvgIpc) is 2.75. The molecule has 1 aromatic carbocycles. The minimum absolute atomic E-state index is 0.0649. The quantitative estimate of drug-likeness (QED) is 0.486. The molecule has 1 aliphatic rings. The Morgan fingerprint density at radius 2 is 1.86 bits per heavy atom. The fourth-order valence-electron chi connectivity index (χ4n) is 2.06. The zero-order valence-corrected chi connectivity index (χ0v) is 11.9. The third-order valence-corrected chi connectivity index (χ3v) is 3.10. The van der Waals surface area contributed by atoms with Crippen LogP contribution in [0.2, 0.25) is 0 Å². The summed E-state index contributed by atoms with van der Waals surface area (Å²) in [5.74, 6) is -1.87. The van der Waals surface area contributed by atoms with E-state index >= 15 is 0 Å². The lowest BCUT2D eigenvalue weighted by atomic mass is 10.1. The van der Waals surface area contributed by atoms with Crippen molar-refractivity contribution in [2.24, 2.45) is 5.10 Å². The monoisotopic (exact) mass is 290 g/mol. The third-order valence-electron chi connectivity index (χ3n) is 3.10. The van der Waals surface area contributed by atoms with Crippen LogP contribution in [0.5, 0.6) is 0 Å². The first-order valence-corrected chi connectivity index (χ1v) is 6.58. The van der Waals surface area contributed by atoms with E-state index in [9.17, 15) is 13.6 Å². The number of allylic oxidation sites excluding steroid dienone is 3. The summed E-state index contributed by atoms with van der Waals surface area (Å²) in [5, 5.41) is 5.66. The van der Waals surface area contributed by atoms with Gasteiger partial charge in [0.2, 0.25) is 0 Å². The summed E-state index contributed by atoms with van der Waals surface area (Å²) in [4.78, 5) is 12.2. The maximum absolute atomic E-state index is 13.1. The molecular weight excluding hydrogens is 274 g/mol. The van der Waals surface area contributed by atoms with Crippen LogP contribution in [0.15, 0.2) is 40.5 Å². The molecule has 0 N–H and O–H groups in total. The van der Waals surface area contributed by atoms with Crippen molar-refractivity contribution < 1.29 is 13.6 Å². The number of halogens is 2. The molecule has 0 heterocycles. The van der Waals surface area contributed by atoms with Crippen molar-refractivity contribution >= 4 is 18.1 Å². The van der Waals surface area contributed by atoms with Crippen LogP contribution >= 0.6 is 0 Å². The number of nitrogens with zero attached hydrogens (tertiary/aromatic N) is 2. The van der Waals surface area contributed by atoms with Gasteiger partial charge in [-0.25, -0.2) is 8.78 Å². The second-order valence-corrected chi connectivity index (χ2v) is 4.98. The second-order valence-electron chi connectivity index (χ2n) is 4.98. The van der Waals surface area contributed by atoms with E-state index in [4.69, 9.17) is 0 Å². The highest BCUT2D eigenvalue weighted by Gasteiger charge is 2.22. The molecule has 0 radical (unpaired) electrons. The van der Waals surface area contributed by atoms with Gasteiger partial charge in [-0.15, -0.1) is 0 Å². The molecular formula is C16H16F2N2O. The van der Waals surface area contributed by atoms with Crippen LogP contribution in [0.25, 0.3) is 6.08 Å². The van der Waals surface area contributed by atoms with Gasteiger partial charge in [-0.3, -0.25) is 4.79 Å². The first kappa shape index (κ1) is 15.1. The lowest BCUT2D eigenvalue weighted by Gasteiger charge is -2.00. The zero-order valence-electron chi connectivity index (χ0n) is 11.9. The number of Topliss-reactive ketones (excluding diaryl/α,β-unsaturated/α-hetero) is 1. The summed E-state index contributed by atoms with van der Waals surface area (Å²) in [6.07, 6.45) is 6.10. The first-order chi connectivity index (χ1) is 9.97. The lowest BCUT2D eigenvalue weighted by molar-refractivity contribution is -0.111. The topological polar surface area (TPSA) is 32.7 Å². The van der Waals surface area contributed by atoms with Gasteiger partial charge < -0.3 is 5.01 Å². The van der Waals surface area contributed by atoms with Crippen molar-refractivity contribution in [2.75, 3.05) is 14.1 Å². The van der Waals surface area contributed by atoms with Crippen molar-refractivity contribution in [1.29, 1.82) is 0 Å². The van der Waals surface area contributed by atoms with Crippen molar-refractivity contribution in [2.45, 2.75) is 12.8 Å². The standard InChI is InChI=1S/C16H16F2N2O/c1-20(2)19-8-7-12-4-5-13(16(12)21)9-11-3-6-14(17)15(18)10-11/h3,6-10H,4-5H2,1-2H3. The van der Waals surface area contributed by atoms with Crippen molar-refractivity contribution in [3.63, 3.8) is 0 Å². The molecule has 1 aromatic rings. The van der Waals surface area contributed by atoms with Crippen molar-refractivity contribution in [3.05, 3.63) is 52.6 Å². The Kier molecular flexibility index (Phi) is 4.62. The van der Waals surface area contributed by atoms with Crippen LogP contribution in [-0.2, 0) is 4.79 Å². The molecule has 0 bridgehead atoms. The van der Waals surface area contributed by atoms with E-state index in [2.05, 4.69) is 5.10 Å². The van der Waals surface area contributed by atoms with E-state index in [0.717, 1.165) is 12.1 Å². The highest BCUT2D eigenvalue weighted by atomic mass is 19.2. The summed E-state index contributed by atoms with van der Waals surface area (Å²) in [5.41, 5.74) is 1.76. The third kappa shape index (κ3) is 3.84. The van der Waals surface area contributed by atoms with Gasteiger partial charge in [0, 0.05) is 31.5 Å². The second kappa shape index (κ2) is 6.43. The molecule has 0 atom stereocenters. The average molecular weight is 290 g/mol. The highest BCUT2D eigenvalue weighted by molar-refractivity contribution is 6.14. The maximum atomic E-state index is 13.1. The molecule has 3 nitrogen and oxygen atoms in total. The van der Waals surface area contributed by atoms with E-state index < -0.39 is 11.6 Å². The van der Waals surface area contributed by atoms with Crippen molar-refractivity contribution in [3.8, 4) is 0 Å². The molecule has 5 heteroatoms. The largest absolute Gasteiger partial charge is 0.303 e. The number of hydrogen-bond donors (Lipinski definition) is 0. The summed E-state index contributed by atoms with van der Waals surface area (Å²) >= 11 is 0. The number of hydrazone groups is 1. The first-order valence-electron chi connectivity index (χ1n) is 6.58. The Morgan fingerprint density at radius 3 is 2.52 bits per heavy atom. The van der Waals surface area contributed by atoms with Gasteiger partial charge in [-0.1, -0.05) is 6.07 Å². The number of benzene rings is 1. The van der Waals surface area contributed by atoms with Gasteiger partial charge in [0.15, 0.2) is 17.4 Å². The predicted molar refractivity (Wildman–Crippen MR) is 78.8 cm³/mol. The Balaban J connectivity index is 2.17. The summed E-state index contributed by atoms with van der Waals surface area (Å²) in [7, 11) is 3.58. The molecule has 0 amide bonds. The fourth-order valence-corrected chi connectivity index (χ4v) is 2.06. The smallest absolute Gasteiger partial charge is 0.185 e. The minimum Gasteiger partial charge on any atom is -0.303 e. The van der Waals surface area contributed by atoms with Crippen LogP contribution in [0.4, 0.5) is 8.78 Å². The number of rotatable bonds is 3. The Morgan fingerprint density at radius 1 is 1.14 bits per heavy atom. The molecule has 1 fully saturated rings. The molecule has 1 aliphatic carbocycles. The van der Waals surface area contributed by atoms with Crippen LogP contribution in [0, 0.1) is 11.6 Å². The predicted octanol–water partition coefficient (Wildman–Crippen LogP) is 3.18. The van der Waals surface area contributed by atoms with Gasteiger partial charge >= 0.3 is 0 Å². The van der Waals surface area contributed by atoms with Crippen LogP contribution in [0.3, 0.4) is 0 Å². The molecule has 0 aliphatic heterocycles. The number of carbonyl (C=O) groups is 1. The maximum Gasteiger partial charge on any atom is 0.185 e. The summed E-state index contributed by atoms with van der Waals surface area (Å²) in [6.45, 7) is 0. The van der Waals surface area contributed by atoms with E-state index in [1.165, 1.54) is 6.07 Å². The molecule has 1 saturated carbocycles. The van der Waals surface area contributed by atoms with E-state index in [1.807, 2.05) is 0 Å². The van der Waals surface area contributed by atoms with Gasteiger partial charge in [0.1, 0.15) is 0 Å². The fraction of sp³-hybridized carbons (Fsp3) is 0.250. The number of ketones is 1.